The second-order valence-electron chi connectivity index (χ2n) is 2.69. The van der Waals surface area contributed by atoms with Crippen LogP contribution in [0.1, 0.15) is 13.8 Å². The molecule has 0 radical (unpaired) electrons. The van der Waals surface area contributed by atoms with Crippen LogP contribution in [0, 0.1) is 0 Å². The van der Waals surface area contributed by atoms with Crippen molar-refractivity contribution in [2.75, 3.05) is 13.1 Å². The normalized spacial score (nSPS) is 11.9. The van der Waals surface area contributed by atoms with Crippen LogP contribution in [0.2, 0.25) is 0 Å². The van der Waals surface area contributed by atoms with E-state index in [4.69, 9.17) is 5.73 Å². The van der Waals surface area contributed by atoms with Gasteiger partial charge in [-0.25, -0.2) is 0 Å². The summed E-state index contributed by atoms with van der Waals surface area (Å²) in [6.45, 7) is 3.60. The number of hydrogen-bond acceptors (Lipinski definition) is 3. The molecule has 5 heteroatoms. The summed E-state index contributed by atoms with van der Waals surface area (Å²) in [5, 5.41) is 4.94. The topological polar surface area (TPSA) is 84.2 Å². The largest absolute Gasteiger partial charge is 0.353 e. The maximum Gasteiger partial charge on any atom is 0.239 e. The molecule has 2 amide bonds. The molecular weight excluding hydrogens is 158 g/mol. The van der Waals surface area contributed by atoms with Gasteiger partial charge >= 0.3 is 0 Å². The van der Waals surface area contributed by atoms with Crippen LogP contribution in [0.5, 0.6) is 0 Å². The molecule has 70 valence electrons. The van der Waals surface area contributed by atoms with Crippen LogP contribution in [0.3, 0.4) is 0 Å². The van der Waals surface area contributed by atoms with Crippen LogP contribution >= 0.6 is 0 Å². The van der Waals surface area contributed by atoms with Gasteiger partial charge in [0.25, 0.3) is 0 Å². The monoisotopic (exact) mass is 173 g/mol. The van der Waals surface area contributed by atoms with Crippen molar-refractivity contribution in [3.8, 4) is 0 Å². The molecule has 12 heavy (non-hydrogen) atoms. The number of hydrogen-bond donors (Lipinski definition) is 3. The van der Waals surface area contributed by atoms with Gasteiger partial charge in [0.2, 0.25) is 11.8 Å². The minimum atomic E-state index is -0.220. The Morgan fingerprint density at radius 3 is 2.42 bits per heavy atom. The Balaban J connectivity index is 3.40. The predicted octanol–water partition coefficient (Wildman–Crippen LogP) is -1.41. The van der Waals surface area contributed by atoms with Crippen molar-refractivity contribution >= 4 is 11.8 Å². The molecule has 0 fully saturated rings. The van der Waals surface area contributed by atoms with E-state index in [9.17, 15) is 9.59 Å². The quantitative estimate of drug-likeness (QED) is 0.488. The van der Waals surface area contributed by atoms with Gasteiger partial charge in [-0.3, -0.25) is 9.59 Å². The lowest BCUT2D eigenvalue weighted by Crippen LogP contribution is -2.40. The van der Waals surface area contributed by atoms with Gasteiger partial charge in [-0.2, -0.15) is 0 Å². The first kappa shape index (κ1) is 10.9. The molecule has 0 bridgehead atoms. The van der Waals surface area contributed by atoms with Crippen molar-refractivity contribution in [2.24, 2.45) is 5.73 Å². The zero-order valence-electron chi connectivity index (χ0n) is 7.39. The SMILES string of the molecule is CC(=O)NCC(=O)NCC(C)N. The van der Waals surface area contributed by atoms with E-state index in [-0.39, 0.29) is 24.4 Å². The van der Waals surface area contributed by atoms with Gasteiger partial charge in [0.15, 0.2) is 0 Å². The first-order valence-corrected chi connectivity index (χ1v) is 3.79. The van der Waals surface area contributed by atoms with E-state index in [2.05, 4.69) is 10.6 Å². The highest BCUT2D eigenvalue weighted by atomic mass is 16.2. The highest BCUT2D eigenvalue weighted by molar-refractivity contribution is 5.83. The van der Waals surface area contributed by atoms with Crippen LogP contribution in [0.15, 0.2) is 0 Å². The molecule has 0 aliphatic carbocycles. The molecule has 1 unspecified atom stereocenters. The first-order valence-electron chi connectivity index (χ1n) is 3.79. The van der Waals surface area contributed by atoms with Crippen molar-refractivity contribution in [1.29, 1.82) is 0 Å². The Labute approximate surface area is 71.7 Å². The van der Waals surface area contributed by atoms with E-state index >= 15 is 0 Å². The minimum absolute atomic E-state index is 0.0159. The number of nitrogens with two attached hydrogens (primary N) is 1. The van der Waals surface area contributed by atoms with Crippen molar-refractivity contribution in [3.63, 3.8) is 0 Å². The van der Waals surface area contributed by atoms with E-state index in [1.807, 2.05) is 0 Å². The lowest BCUT2D eigenvalue weighted by atomic mass is 10.3. The van der Waals surface area contributed by atoms with Gasteiger partial charge < -0.3 is 16.4 Å². The van der Waals surface area contributed by atoms with Gasteiger partial charge in [-0.15, -0.1) is 0 Å². The van der Waals surface area contributed by atoms with E-state index < -0.39 is 0 Å². The summed E-state index contributed by atoms with van der Waals surface area (Å²) in [5.41, 5.74) is 5.39. The molecule has 0 aromatic heterocycles. The average Bonchev–Trinajstić information content (AvgIpc) is 1.96. The van der Waals surface area contributed by atoms with Crippen molar-refractivity contribution in [3.05, 3.63) is 0 Å². The fourth-order valence-corrected chi connectivity index (χ4v) is 0.542. The van der Waals surface area contributed by atoms with E-state index in [1.54, 1.807) is 6.92 Å². The lowest BCUT2D eigenvalue weighted by molar-refractivity contribution is -0.125. The Morgan fingerprint density at radius 1 is 1.42 bits per heavy atom. The summed E-state index contributed by atoms with van der Waals surface area (Å²) in [6.07, 6.45) is 0. The molecule has 0 rings (SSSR count). The van der Waals surface area contributed by atoms with Crippen molar-refractivity contribution < 1.29 is 9.59 Å². The van der Waals surface area contributed by atoms with Crippen LogP contribution in [0.25, 0.3) is 0 Å². The number of carbonyl (C=O) groups is 2. The van der Waals surface area contributed by atoms with E-state index in [0.717, 1.165) is 0 Å². The van der Waals surface area contributed by atoms with Crippen LogP contribution in [-0.4, -0.2) is 30.9 Å². The van der Waals surface area contributed by atoms with E-state index in [1.165, 1.54) is 6.92 Å². The summed E-state index contributed by atoms with van der Waals surface area (Å²) in [7, 11) is 0. The molecule has 0 aromatic rings. The minimum Gasteiger partial charge on any atom is -0.353 e. The molecule has 5 nitrogen and oxygen atoms in total. The Bertz CT molecular complexity index is 168. The number of rotatable bonds is 4. The number of nitrogens with one attached hydrogen (secondary N) is 2. The summed E-state index contributed by atoms with van der Waals surface area (Å²) in [5.74, 6) is -0.437. The molecule has 0 heterocycles. The zero-order valence-corrected chi connectivity index (χ0v) is 7.39. The van der Waals surface area contributed by atoms with Gasteiger partial charge in [-0.05, 0) is 6.92 Å². The number of amides is 2. The second kappa shape index (κ2) is 5.54. The van der Waals surface area contributed by atoms with E-state index in [0.29, 0.717) is 6.54 Å². The van der Waals surface area contributed by atoms with Gasteiger partial charge in [0.1, 0.15) is 0 Å². The fourth-order valence-electron chi connectivity index (χ4n) is 0.542. The van der Waals surface area contributed by atoms with Crippen molar-refractivity contribution in [2.45, 2.75) is 19.9 Å². The summed E-state index contributed by atoms with van der Waals surface area (Å²) < 4.78 is 0. The summed E-state index contributed by atoms with van der Waals surface area (Å²) in [4.78, 5) is 21.2. The molecule has 0 aliphatic rings. The van der Waals surface area contributed by atoms with Crippen LogP contribution < -0.4 is 16.4 Å². The third-order valence-electron chi connectivity index (χ3n) is 1.12. The first-order chi connectivity index (χ1) is 5.52. The maximum atomic E-state index is 10.9. The van der Waals surface area contributed by atoms with Crippen LogP contribution in [0.4, 0.5) is 0 Å². The molecule has 1 atom stereocenters. The Morgan fingerprint density at radius 2 is 2.00 bits per heavy atom. The molecule has 4 N–H and O–H groups in total. The third kappa shape index (κ3) is 7.01. The average molecular weight is 173 g/mol. The van der Waals surface area contributed by atoms with Gasteiger partial charge in [-0.1, -0.05) is 0 Å². The Kier molecular flexibility index (Phi) is 5.03. The van der Waals surface area contributed by atoms with Gasteiger partial charge in [0, 0.05) is 19.5 Å². The molecule has 0 spiro atoms. The lowest BCUT2D eigenvalue weighted by Gasteiger charge is -2.07. The predicted molar refractivity (Wildman–Crippen MR) is 45.3 cm³/mol. The standard InChI is InChI=1S/C7H15N3O2/c1-5(8)3-10-7(12)4-9-6(2)11/h5H,3-4,8H2,1-2H3,(H,9,11)(H,10,12). The zero-order chi connectivity index (χ0) is 9.56. The highest BCUT2D eigenvalue weighted by Crippen LogP contribution is 1.71. The summed E-state index contributed by atoms with van der Waals surface area (Å²) in [6, 6.07) is -0.0636. The Hall–Kier alpha value is -1.10. The maximum absolute atomic E-state index is 10.9. The van der Waals surface area contributed by atoms with Crippen LogP contribution in [-0.2, 0) is 9.59 Å². The number of carbonyl (C=O) groups excluding carboxylic acids is 2. The third-order valence-corrected chi connectivity index (χ3v) is 1.12. The summed E-state index contributed by atoms with van der Waals surface area (Å²) >= 11 is 0. The molecular formula is C7H15N3O2. The smallest absolute Gasteiger partial charge is 0.239 e. The van der Waals surface area contributed by atoms with Gasteiger partial charge in [0.05, 0.1) is 6.54 Å². The van der Waals surface area contributed by atoms with Crippen molar-refractivity contribution in [1.82, 2.24) is 10.6 Å². The molecule has 0 aromatic carbocycles. The highest BCUT2D eigenvalue weighted by Gasteiger charge is 2.01. The second-order valence-corrected chi connectivity index (χ2v) is 2.69. The molecule has 0 saturated carbocycles. The molecule has 0 saturated heterocycles. The fraction of sp³-hybridized carbons (Fsp3) is 0.714. The molecule has 0 aliphatic heterocycles.